The van der Waals surface area contributed by atoms with E-state index in [0.717, 1.165) is 35.6 Å². The Hall–Kier alpha value is -2.87. The van der Waals surface area contributed by atoms with E-state index in [1.165, 1.54) is 38.2 Å². The van der Waals surface area contributed by atoms with Gasteiger partial charge in [-0.15, -0.1) is 0 Å². The van der Waals surface area contributed by atoms with Gasteiger partial charge in [-0.1, -0.05) is 43.5 Å². The first-order valence-corrected chi connectivity index (χ1v) is 12.7. The molecule has 1 aliphatic carbocycles. The third kappa shape index (κ3) is 5.93. The molecule has 3 atom stereocenters. The SMILES string of the molecule is Cc1ccc(N(C)S(=O)(=O)c2cccc(C(=O)OC(C)C(=O)NC3CCCCC3C)c2)cc1. The van der Waals surface area contributed by atoms with E-state index in [9.17, 15) is 18.0 Å². The minimum absolute atomic E-state index is 0.0341. The summed E-state index contributed by atoms with van der Waals surface area (Å²) in [5.74, 6) is -0.702. The Morgan fingerprint density at radius 1 is 1.09 bits per heavy atom. The lowest BCUT2D eigenvalue weighted by Crippen LogP contribution is -2.46. The molecule has 1 N–H and O–H groups in total. The van der Waals surface area contributed by atoms with Crippen molar-refractivity contribution in [2.75, 3.05) is 11.4 Å². The molecule has 0 bridgehead atoms. The van der Waals surface area contributed by atoms with Crippen molar-refractivity contribution in [2.45, 2.75) is 63.5 Å². The highest BCUT2D eigenvalue weighted by Crippen LogP contribution is 2.25. The van der Waals surface area contributed by atoms with Gasteiger partial charge in [0, 0.05) is 13.1 Å². The molecule has 0 spiro atoms. The van der Waals surface area contributed by atoms with Crippen molar-refractivity contribution < 1.29 is 22.7 Å². The van der Waals surface area contributed by atoms with Gasteiger partial charge in [-0.25, -0.2) is 13.2 Å². The highest BCUT2D eigenvalue weighted by atomic mass is 32.2. The second-order valence-electron chi connectivity index (χ2n) is 8.76. The molecule has 3 unspecified atom stereocenters. The van der Waals surface area contributed by atoms with Crippen LogP contribution < -0.4 is 9.62 Å². The molecule has 1 fully saturated rings. The van der Waals surface area contributed by atoms with Crippen molar-refractivity contribution in [3.63, 3.8) is 0 Å². The number of ether oxygens (including phenoxy) is 1. The lowest BCUT2D eigenvalue weighted by molar-refractivity contribution is -0.130. The molecule has 1 saturated carbocycles. The van der Waals surface area contributed by atoms with Crippen molar-refractivity contribution in [2.24, 2.45) is 5.92 Å². The molecule has 0 radical (unpaired) electrons. The Kier molecular flexibility index (Phi) is 7.79. The van der Waals surface area contributed by atoms with Gasteiger partial charge in [-0.2, -0.15) is 0 Å². The summed E-state index contributed by atoms with van der Waals surface area (Å²) in [7, 11) is -2.42. The van der Waals surface area contributed by atoms with Gasteiger partial charge in [0.25, 0.3) is 15.9 Å². The summed E-state index contributed by atoms with van der Waals surface area (Å²) >= 11 is 0. The van der Waals surface area contributed by atoms with E-state index in [-0.39, 0.29) is 22.4 Å². The molecular formula is C25H32N2O5S. The molecular weight excluding hydrogens is 440 g/mol. The quantitative estimate of drug-likeness (QED) is 0.614. The Labute approximate surface area is 196 Å². The Balaban J connectivity index is 1.69. The van der Waals surface area contributed by atoms with Crippen LogP contribution in [0.1, 0.15) is 55.5 Å². The fraction of sp³-hybridized carbons (Fsp3) is 0.440. The largest absolute Gasteiger partial charge is 0.449 e. The van der Waals surface area contributed by atoms with Crippen molar-refractivity contribution in [3.8, 4) is 0 Å². The molecule has 178 valence electrons. The van der Waals surface area contributed by atoms with Gasteiger partial charge >= 0.3 is 5.97 Å². The average molecular weight is 473 g/mol. The molecule has 8 heteroatoms. The predicted molar refractivity (Wildman–Crippen MR) is 128 cm³/mol. The number of sulfonamides is 1. The van der Waals surface area contributed by atoms with Gasteiger partial charge in [0.2, 0.25) is 0 Å². The van der Waals surface area contributed by atoms with Crippen LogP contribution in [0, 0.1) is 12.8 Å². The highest BCUT2D eigenvalue weighted by molar-refractivity contribution is 7.92. The number of nitrogens with zero attached hydrogens (tertiary/aromatic N) is 1. The summed E-state index contributed by atoms with van der Waals surface area (Å²) in [6, 6.07) is 12.8. The molecule has 33 heavy (non-hydrogen) atoms. The van der Waals surface area contributed by atoms with Gasteiger partial charge in [0.05, 0.1) is 16.1 Å². The molecule has 0 heterocycles. The molecule has 2 aromatic rings. The number of rotatable bonds is 7. The summed E-state index contributed by atoms with van der Waals surface area (Å²) in [5, 5.41) is 2.98. The number of benzene rings is 2. The average Bonchev–Trinajstić information content (AvgIpc) is 2.80. The van der Waals surface area contributed by atoms with Gasteiger partial charge in [-0.3, -0.25) is 9.10 Å². The van der Waals surface area contributed by atoms with E-state index in [1.54, 1.807) is 12.1 Å². The highest BCUT2D eigenvalue weighted by Gasteiger charge is 2.27. The Bertz CT molecular complexity index is 1100. The topological polar surface area (TPSA) is 92.8 Å². The standard InChI is InChI=1S/C25H32N2O5S/c1-17-12-14-21(15-13-17)27(4)33(30,31)22-10-7-9-20(16-22)25(29)32-19(3)24(28)26-23-11-6-5-8-18(23)2/h7,9-10,12-16,18-19,23H,5-6,8,11H2,1-4H3,(H,26,28). The van der Waals surface area contributed by atoms with Crippen LogP contribution in [0.25, 0.3) is 0 Å². The Morgan fingerprint density at radius 2 is 1.76 bits per heavy atom. The maximum absolute atomic E-state index is 13.1. The number of carbonyl (C=O) groups excluding carboxylic acids is 2. The molecule has 3 rings (SSSR count). The predicted octanol–water partition coefficient (Wildman–Crippen LogP) is 4.06. The van der Waals surface area contributed by atoms with Crippen LogP contribution in [0.2, 0.25) is 0 Å². The number of carbonyl (C=O) groups is 2. The number of esters is 1. The first kappa shape index (κ1) is 24.8. The van der Waals surface area contributed by atoms with Gasteiger partial charge in [-0.05, 0) is 62.9 Å². The Morgan fingerprint density at radius 3 is 2.42 bits per heavy atom. The van der Waals surface area contributed by atoms with Crippen LogP contribution in [0.5, 0.6) is 0 Å². The van der Waals surface area contributed by atoms with Crippen LogP contribution in [-0.4, -0.2) is 39.5 Å². The zero-order valence-corrected chi connectivity index (χ0v) is 20.4. The van der Waals surface area contributed by atoms with E-state index in [0.29, 0.717) is 11.6 Å². The van der Waals surface area contributed by atoms with Crippen molar-refractivity contribution in [3.05, 3.63) is 59.7 Å². The van der Waals surface area contributed by atoms with Crippen molar-refractivity contribution >= 4 is 27.6 Å². The fourth-order valence-electron chi connectivity index (χ4n) is 3.95. The molecule has 0 aromatic heterocycles. The first-order valence-electron chi connectivity index (χ1n) is 11.3. The minimum atomic E-state index is -3.88. The number of anilines is 1. The molecule has 0 aliphatic heterocycles. The third-order valence-electron chi connectivity index (χ3n) is 6.22. The summed E-state index contributed by atoms with van der Waals surface area (Å²) in [6.45, 7) is 5.55. The normalized spacial score (nSPS) is 19.4. The van der Waals surface area contributed by atoms with Crippen LogP contribution >= 0.6 is 0 Å². The summed E-state index contributed by atoms with van der Waals surface area (Å²) in [5.41, 5.74) is 1.60. The van der Waals surface area contributed by atoms with E-state index in [4.69, 9.17) is 4.74 Å². The first-order chi connectivity index (χ1) is 15.6. The van der Waals surface area contributed by atoms with Crippen LogP contribution in [0.3, 0.4) is 0 Å². The third-order valence-corrected chi connectivity index (χ3v) is 8.00. The van der Waals surface area contributed by atoms with Crippen molar-refractivity contribution in [1.82, 2.24) is 5.32 Å². The van der Waals surface area contributed by atoms with E-state index in [2.05, 4.69) is 12.2 Å². The fourth-order valence-corrected chi connectivity index (χ4v) is 5.19. The second-order valence-corrected chi connectivity index (χ2v) is 10.7. The van der Waals surface area contributed by atoms with Crippen LogP contribution in [-0.2, 0) is 19.6 Å². The smallest absolute Gasteiger partial charge is 0.338 e. The van der Waals surface area contributed by atoms with Gasteiger partial charge in [0.15, 0.2) is 6.10 Å². The van der Waals surface area contributed by atoms with Crippen molar-refractivity contribution in [1.29, 1.82) is 0 Å². The number of nitrogens with one attached hydrogen (secondary N) is 1. The number of hydrogen-bond acceptors (Lipinski definition) is 5. The molecule has 2 aromatic carbocycles. The van der Waals surface area contributed by atoms with Crippen LogP contribution in [0.15, 0.2) is 53.4 Å². The zero-order valence-electron chi connectivity index (χ0n) is 19.6. The van der Waals surface area contributed by atoms with E-state index >= 15 is 0 Å². The number of aryl methyl sites for hydroxylation is 1. The summed E-state index contributed by atoms with van der Waals surface area (Å²) in [4.78, 5) is 25.2. The van der Waals surface area contributed by atoms with Gasteiger partial charge < -0.3 is 10.1 Å². The van der Waals surface area contributed by atoms with E-state index < -0.39 is 22.1 Å². The van der Waals surface area contributed by atoms with Gasteiger partial charge in [0.1, 0.15) is 0 Å². The molecule has 1 amide bonds. The molecule has 0 saturated heterocycles. The number of hydrogen-bond donors (Lipinski definition) is 1. The van der Waals surface area contributed by atoms with E-state index in [1.807, 2.05) is 19.1 Å². The van der Waals surface area contributed by atoms with Crippen LogP contribution in [0.4, 0.5) is 5.69 Å². The zero-order chi connectivity index (χ0) is 24.2. The maximum atomic E-state index is 13.1. The lowest BCUT2D eigenvalue weighted by Gasteiger charge is -2.30. The molecule has 1 aliphatic rings. The molecule has 7 nitrogen and oxygen atoms in total. The lowest BCUT2D eigenvalue weighted by atomic mass is 9.86. The summed E-state index contributed by atoms with van der Waals surface area (Å²) < 4.78 is 32.7. The minimum Gasteiger partial charge on any atom is -0.449 e. The maximum Gasteiger partial charge on any atom is 0.338 e. The monoisotopic (exact) mass is 472 g/mol. The summed E-state index contributed by atoms with van der Waals surface area (Å²) in [6.07, 6.45) is 3.24. The second kappa shape index (κ2) is 10.4. The number of amides is 1.